The van der Waals surface area contributed by atoms with Gasteiger partial charge in [-0.1, -0.05) is 39.5 Å². The summed E-state index contributed by atoms with van der Waals surface area (Å²) in [6.07, 6.45) is 5.00. The largest absolute Gasteiger partial charge is 0.299 e. The molecule has 4 rings (SSSR count). The van der Waals surface area contributed by atoms with Crippen LogP contribution in [-0.4, -0.2) is 47.3 Å². The summed E-state index contributed by atoms with van der Waals surface area (Å²) in [5, 5.41) is -1.95. The lowest BCUT2D eigenvalue weighted by molar-refractivity contribution is -0.128. The van der Waals surface area contributed by atoms with Crippen molar-refractivity contribution in [3.8, 4) is 0 Å². The molecule has 4 aliphatic carbocycles. The first-order valence-electron chi connectivity index (χ1n) is 11.4. The van der Waals surface area contributed by atoms with Crippen molar-refractivity contribution in [1.29, 1.82) is 0 Å². The van der Waals surface area contributed by atoms with Crippen LogP contribution < -0.4 is 0 Å². The molecule has 4 saturated carbocycles. The van der Waals surface area contributed by atoms with Gasteiger partial charge in [-0.15, -0.1) is 0 Å². The maximum Gasteiger partial charge on any atom is 0.140 e. The van der Waals surface area contributed by atoms with Gasteiger partial charge in [0.1, 0.15) is 5.78 Å². The number of carbonyl (C=O) groups is 1. The van der Waals surface area contributed by atoms with Crippen molar-refractivity contribution in [2.75, 3.05) is 5.75 Å². The molecule has 0 aromatic heterocycles. The van der Waals surface area contributed by atoms with Gasteiger partial charge in [0.2, 0.25) is 0 Å². The zero-order valence-corrected chi connectivity index (χ0v) is 20.7. The molecule has 31 heavy (non-hydrogen) atoms. The maximum absolute atomic E-state index is 13.8. The third kappa shape index (κ3) is 3.45. The van der Waals surface area contributed by atoms with Gasteiger partial charge in [0.25, 0.3) is 0 Å². The Morgan fingerprint density at radius 1 is 0.806 bits per heavy atom. The fourth-order valence-electron chi connectivity index (χ4n) is 6.68. The Labute approximate surface area is 186 Å². The third-order valence-electron chi connectivity index (χ3n) is 8.78. The molecule has 0 amide bonds. The Bertz CT molecular complexity index is 1010. The van der Waals surface area contributed by atoms with Gasteiger partial charge < -0.3 is 0 Å². The Kier molecular flexibility index (Phi) is 5.74. The summed E-state index contributed by atoms with van der Waals surface area (Å²) in [4.78, 5) is 12.9. The summed E-state index contributed by atoms with van der Waals surface area (Å²) in [6.45, 7) is 3.73. The highest BCUT2D eigenvalue weighted by molar-refractivity contribution is 8.29. The molecule has 4 aliphatic rings. The zero-order valence-electron chi connectivity index (χ0n) is 18.3. The topological polar surface area (TPSA) is 119 Å². The smallest absolute Gasteiger partial charge is 0.140 e. The van der Waals surface area contributed by atoms with Gasteiger partial charge in [0.15, 0.2) is 0 Å². The molecule has 2 unspecified atom stereocenters. The predicted molar refractivity (Wildman–Crippen MR) is 118 cm³/mol. The second-order valence-electron chi connectivity index (χ2n) is 10.6. The van der Waals surface area contributed by atoms with Crippen LogP contribution in [0.4, 0.5) is 0 Å². The van der Waals surface area contributed by atoms with E-state index in [1.54, 1.807) is 0 Å². The van der Waals surface area contributed by atoms with Gasteiger partial charge >= 0.3 is 0 Å². The fraction of sp³-hybridized carbons (Fsp3) is 0.905. The van der Waals surface area contributed by atoms with Crippen molar-refractivity contribution >= 4 is 35.3 Å². The van der Waals surface area contributed by atoms with Crippen LogP contribution in [-0.2, 0) is 34.3 Å². The van der Waals surface area contributed by atoms with E-state index in [1.807, 2.05) is 13.8 Å². The minimum absolute atomic E-state index is 0.0523. The van der Waals surface area contributed by atoms with Gasteiger partial charge in [-0.25, -0.2) is 0 Å². The van der Waals surface area contributed by atoms with Crippen LogP contribution in [0.25, 0.3) is 0 Å². The van der Waals surface area contributed by atoms with E-state index in [2.05, 4.69) is 0 Å². The van der Waals surface area contributed by atoms with E-state index in [0.29, 0.717) is 38.5 Å². The lowest BCUT2D eigenvalue weighted by Crippen LogP contribution is -2.47. The first-order valence-corrected chi connectivity index (χ1v) is 16.1. The van der Waals surface area contributed by atoms with E-state index >= 15 is 0 Å². The highest BCUT2D eigenvalue weighted by Crippen LogP contribution is 2.64. The quantitative estimate of drug-likeness (QED) is 0.500. The summed E-state index contributed by atoms with van der Waals surface area (Å²) >= 11 is 0. The Morgan fingerprint density at radius 2 is 1.26 bits per heavy atom. The van der Waals surface area contributed by atoms with Crippen LogP contribution in [0.1, 0.15) is 84.5 Å². The van der Waals surface area contributed by atoms with Crippen molar-refractivity contribution in [1.82, 2.24) is 0 Å². The van der Waals surface area contributed by atoms with Crippen LogP contribution in [0, 0.1) is 20.7 Å². The SMILES string of the molecule is CC1(C)C2CCC1(CS(=O)(=O)[C-](S(=O)(=O)C1CCCC1)S(=O)(=O)C1CCCC1)C(=O)C2. The number of hydrogen-bond acceptors (Lipinski definition) is 7. The molecule has 0 N–H and O–H groups in total. The van der Waals surface area contributed by atoms with Gasteiger partial charge in [0.05, 0.1) is 29.5 Å². The van der Waals surface area contributed by atoms with E-state index in [1.165, 1.54) is 0 Å². The van der Waals surface area contributed by atoms with E-state index in [0.717, 1.165) is 0 Å². The zero-order chi connectivity index (χ0) is 22.9. The number of Topliss-reactive ketones (excluding diaryl/α,β-unsaturated/α-hetero) is 1. The molecule has 4 fully saturated rings. The standard InChI is InChI=1S/C21H33O7S3/c1-20(2)15-11-12-21(20,18(22)13-15)14-29(23,24)19(30(25,26)16-7-3-4-8-16)31(27,28)17-9-5-6-10-17/h15-17H,3-14H2,1-2H3/q-1. The Balaban J connectivity index is 1.80. The van der Waals surface area contributed by atoms with Crippen molar-refractivity contribution in [2.24, 2.45) is 16.7 Å². The Morgan fingerprint density at radius 3 is 1.61 bits per heavy atom. The van der Waals surface area contributed by atoms with Crippen molar-refractivity contribution < 1.29 is 30.0 Å². The number of fused-ring (bicyclic) bond motifs is 2. The lowest BCUT2D eigenvalue weighted by Gasteiger charge is -2.41. The molecular weight excluding hydrogens is 460 g/mol. The number of rotatable bonds is 7. The number of hydrogen-bond donors (Lipinski definition) is 0. The molecule has 0 spiro atoms. The average Bonchev–Trinajstić information content (AvgIpc) is 3.41. The molecular formula is C21H33O7S3-. The summed E-state index contributed by atoms with van der Waals surface area (Å²) in [5.41, 5.74) is -1.81. The number of carbonyl (C=O) groups excluding carboxylic acids is 1. The molecule has 0 heterocycles. The molecule has 0 aliphatic heterocycles. The van der Waals surface area contributed by atoms with E-state index in [-0.39, 0.29) is 43.8 Å². The number of sulfone groups is 3. The molecule has 0 aromatic carbocycles. The second kappa shape index (κ2) is 7.52. The molecule has 178 valence electrons. The molecule has 0 saturated heterocycles. The van der Waals surface area contributed by atoms with Crippen LogP contribution >= 0.6 is 0 Å². The summed E-state index contributed by atoms with van der Waals surface area (Å²) in [6, 6.07) is 0. The minimum atomic E-state index is -4.72. The predicted octanol–water partition coefficient (Wildman–Crippen LogP) is 2.96. The normalized spacial score (nSPS) is 32.5. The van der Waals surface area contributed by atoms with Crippen LogP contribution in [0.2, 0.25) is 0 Å². The van der Waals surface area contributed by atoms with Crippen molar-refractivity contribution in [3.05, 3.63) is 3.91 Å². The van der Waals surface area contributed by atoms with Gasteiger partial charge in [0, 0.05) is 32.0 Å². The summed E-state index contributed by atoms with van der Waals surface area (Å²) < 4.78 is 80.3. The molecule has 7 nitrogen and oxygen atoms in total. The van der Waals surface area contributed by atoms with Gasteiger partial charge in [-0.3, -0.25) is 30.0 Å². The van der Waals surface area contributed by atoms with Crippen LogP contribution in [0.15, 0.2) is 0 Å². The lowest BCUT2D eigenvalue weighted by atomic mass is 9.70. The monoisotopic (exact) mass is 493 g/mol. The first kappa shape index (κ1) is 23.7. The Hall–Kier alpha value is -0.480. The van der Waals surface area contributed by atoms with E-state index in [4.69, 9.17) is 0 Å². The average molecular weight is 494 g/mol. The van der Waals surface area contributed by atoms with Gasteiger partial charge in [-0.05, 0) is 49.9 Å². The fourth-order valence-corrected chi connectivity index (χ4v) is 16.7. The minimum Gasteiger partial charge on any atom is -0.299 e. The first-order chi connectivity index (χ1) is 14.3. The molecule has 0 radical (unpaired) electrons. The van der Waals surface area contributed by atoms with E-state index < -0.39 is 60.5 Å². The van der Waals surface area contributed by atoms with Crippen molar-refractivity contribution in [2.45, 2.75) is 95.0 Å². The summed E-state index contributed by atoms with van der Waals surface area (Å²) in [5.74, 6) is -0.833. The maximum atomic E-state index is 13.8. The van der Waals surface area contributed by atoms with Gasteiger partial charge in [-0.2, -0.15) is 0 Å². The highest BCUT2D eigenvalue weighted by atomic mass is 32.3. The number of ketones is 1. The van der Waals surface area contributed by atoms with Crippen molar-refractivity contribution in [3.63, 3.8) is 0 Å². The highest BCUT2D eigenvalue weighted by Gasteiger charge is 2.65. The molecule has 2 atom stereocenters. The van der Waals surface area contributed by atoms with Crippen LogP contribution in [0.3, 0.4) is 0 Å². The van der Waals surface area contributed by atoms with Crippen LogP contribution in [0.5, 0.6) is 0 Å². The molecule has 2 bridgehead atoms. The third-order valence-corrected chi connectivity index (χ3v) is 18.1. The van der Waals surface area contributed by atoms with E-state index in [9.17, 15) is 30.0 Å². The second-order valence-corrected chi connectivity index (χ2v) is 17.6. The summed E-state index contributed by atoms with van der Waals surface area (Å²) in [7, 11) is -13.8. The molecule has 0 aromatic rings. The molecule has 10 heteroatoms.